The van der Waals surface area contributed by atoms with Crippen LogP contribution in [0.4, 0.5) is 0 Å². The number of benzene rings is 1. The van der Waals surface area contributed by atoms with Crippen molar-refractivity contribution in [3.8, 4) is 0 Å². The van der Waals surface area contributed by atoms with E-state index in [1.165, 1.54) is 24.3 Å². The van der Waals surface area contributed by atoms with E-state index in [1.54, 1.807) is 0 Å². The lowest BCUT2D eigenvalue weighted by Crippen LogP contribution is -1.92. The Balaban J connectivity index is 0. The molecule has 0 spiro atoms. The summed E-state index contributed by atoms with van der Waals surface area (Å²) in [6, 6.07) is 10.7. The minimum Gasteiger partial charge on any atom is -0.147 e. The first-order valence-corrected chi connectivity index (χ1v) is 5.43. The summed E-state index contributed by atoms with van der Waals surface area (Å²) < 4.78 is 0. The van der Waals surface area contributed by atoms with E-state index in [4.69, 9.17) is 0 Å². The van der Waals surface area contributed by atoms with Gasteiger partial charge < -0.3 is 0 Å². The maximum absolute atomic E-state index is 2.25. The predicted molar refractivity (Wildman–Crippen MR) is 68.7 cm³/mol. The maximum Gasteiger partial charge on any atom is -0.0271 e. The first-order valence-electron chi connectivity index (χ1n) is 4.22. The molecule has 0 aliphatic heterocycles. The van der Waals surface area contributed by atoms with E-state index >= 15 is 0 Å². The van der Waals surface area contributed by atoms with Gasteiger partial charge in [-0.25, -0.2) is 0 Å². The fraction of sp³-hybridized carbons (Fsp3) is 0.400. The molecule has 76 valence electrons. The number of rotatable bonds is 4. The van der Waals surface area contributed by atoms with Crippen LogP contribution in [-0.2, 0) is 0 Å². The Hall–Kier alpha value is 0.230. The Kier molecular flexibility index (Phi) is 12.4. The molecule has 13 heavy (non-hydrogen) atoms. The minimum atomic E-state index is 0. The maximum atomic E-state index is 2.25. The lowest BCUT2D eigenvalue weighted by Gasteiger charge is -1.98. The summed E-state index contributed by atoms with van der Waals surface area (Å²) in [4.78, 5) is 0. The smallest absolute Gasteiger partial charge is 0.0271 e. The van der Waals surface area contributed by atoms with Crippen molar-refractivity contribution in [2.45, 2.75) is 19.8 Å². The average molecular weight is 239 g/mol. The Bertz CT molecular complexity index is 189. The second-order valence-electron chi connectivity index (χ2n) is 2.65. The summed E-state index contributed by atoms with van der Waals surface area (Å²) in [6.45, 7) is 2.25. The molecule has 1 rings (SSSR count). The van der Waals surface area contributed by atoms with Gasteiger partial charge in [0.1, 0.15) is 0 Å². The molecular weight excluding hydrogens is 222 g/mol. The summed E-state index contributed by atoms with van der Waals surface area (Å²) >= 11 is 0. The third kappa shape index (κ3) is 7.31. The Labute approximate surface area is 95.1 Å². The van der Waals surface area contributed by atoms with Gasteiger partial charge in [0, 0.05) is 0 Å². The van der Waals surface area contributed by atoms with Crippen LogP contribution in [0.3, 0.4) is 0 Å². The molecule has 0 bridgehead atoms. The average Bonchev–Trinajstić information content (AvgIpc) is 2.07. The first-order chi connectivity index (χ1) is 5.43. The van der Waals surface area contributed by atoms with Crippen LogP contribution in [0.5, 0.6) is 0 Å². The SMILES string of the molecule is CCCCPc1ccccc1.Cl.Cl. The minimum absolute atomic E-state index is 0. The van der Waals surface area contributed by atoms with Gasteiger partial charge in [0.25, 0.3) is 0 Å². The second-order valence-corrected chi connectivity index (χ2v) is 4.08. The van der Waals surface area contributed by atoms with Crippen LogP contribution in [0.1, 0.15) is 19.8 Å². The largest absolute Gasteiger partial charge is 0.147 e. The quantitative estimate of drug-likeness (QED) is 0.556. The highest BCUT2D eigenvalue weighted by molar-refractivity contribution is 7.47. The van der Waals surface area contributed by atoms with Crippen molar-refractivity contribution in [1.29, 1.82) is 0 Å². The third-order valence-corrected chi connectivity index (χ3v) is 2.98. The summed E-state index contributed by atoms with van der Waals surface area (Å²) in [5.74, 6) is 0. The molecule has 0 radical (unpaired) electrons. The molecule has 0 heterocycles. The van der Waals surface area contributed by atoms with Crippen molar-refractivity contribution in [2.75, 3.05) is 6.16 Å². The monoisotopic (exact) mass is 238 g/mol. The molecule has 1 atom stereocenters. The van der Waals surface area contributed by atoms with E-state index in [0.29, 0.717) is 0 Å². The van der Waals surface area contributed by atoms with Crippen molar-refractivity contribution in [3.63, 3.8) is 0 Å². The van der Waals surface area contributed by atoms with Gasteiger partial charge in [-0.1, -0.05) is 52.3 Å². The van der Waals surface area contributed by atoms with Crippen molar-refractivity contribution in [2.24, 2.45) is 0 Å². The van der Waals surface area contributed by atoms with E-state index in [2.05, 4.69) is 37.3 Å². The lowest BCUT2D eigenvalue weighted by atomic mass is 10.4. The summed E-state index contributed by atoms with van der Waals surface area (Å²) in [5, 5.41) is 1.50. The van der Waals surface area contributed by atoms with E-state index in [9.17, 15) is 0 Å². The van der Waals surface area contributed by atoms with Gasteiger partial charge in [-0.3, -0.25) is 0 Å². The zero-order valence-corrected chi connectivity index (χ0v) is 10.5. The number of unbranched alkanes of at least 4 members (excludes halogenated alkanes) is 1. The predicted octanol–water partition coefficient (Wildman–Crippen LogP) is 3.63. The molecular formula is C10H17Cl2P. The molecule has 3 heteroatoms. The van der Waals surface area contributed by atoms with E-state index in [0.717, 1.165) is 8.58 Å². The Morgan fingerprint density at radius 2 is 1.69 bits per heavy atom. The molecule has 1 aromatic carbocycles. The van der Waals surface area contributed by atoms with Gasteiger partial charge in [0.05, 0.1) is 0 Å². The zero-order chi connectivity index (χ0) is 7.94. The van der Waals surface area contributed by atoms with Gasteiger partial charge >= 0.3 is 0 Å². The molecule has 0 fully saturated rings. The lowest BCUT2D eigenvalue weighted by molar-refractivity contribution is 0.895. The molecule has 0 N–H and O–H groups in total. The summed E-state index contributed by atoms with van der Waals surface area (Å²) in [6.07, 6.45) is 4.05. The van der Waals surface area contributed by atoms with Gasteiger partial charge in [0.15, 0.2) is 0 Å². The van der Waals surface area contributed by atoms with Crippen LogP contribution >= 0.6 is 33.4 Å². The Morgan fingerprint density at radius 1 is 1.08 bits per heavy atom. The van der Waals surface area contributed by atoms with Crippen molar-refractivity contribution < 1.29 is 0 Å². The second kappa shape index (κ2) is 10.3. The normalized spacial score (nSPS) is 9.31. The van der Waals surface area contributed by atoms with Crippen molar-refractivity contribution in [1.82, 2.24) is 0 Å². The highest BCUT2D eigenvalue weighted by Gasteiger charge is 1.88. The fourth-order valence-electron chi connectivity index (χ4n) is 0.966. The number of hydrogen-bond acceptors (Lipinski definition) is 0. The van der Waals surface area contributed by atoms with Crippen LogP contribution < -0.4 is 5.30 Å². The van der Waals surface area contributed by atoms with E-state index in [1.807, 2.05) is 0 Å². The van der Waals surface area contributed by atoms with Gasteiger partial charge in [-0.05, 0) is 17.9 Å². The van der Waals surface area contributed by atoms with Crippen LogP contribution in [0.15, 0.2) is 30.3 Å². The highest BCUT2D eigenvalue weighted by Crippen LogP contribution is 2.11. The van der Waals surface area contributed by atoms with Gasteiger partial charge in [0.2, 0.25) is 0 Å². The molecule has 0 aliphatic rings. The first kappa shape index (κ1) is 15.7. The van der Waals surface area contributed by atoms with Crippen LogP contribution in [0.2, 0.25) is 0 Å². The molecule has 0 aromatic heterocycles. The van der Waals surface area contributed by atoms with Crippen LogP contribution in [-0.4, -0.2) is 6.16 Å². The Morgan fingerprint density at radius 3 is 2.23 bits per heavy atom. The molecule has 1 aromatic rings. The molecule has 0 aliphatic carbocycles. The van der Waals surface area contributed by atoms with E-state index < -0.39 is 0 Å². The molecule has 0 saturated heterocycles. The summed E-state index contributed by atoms with van der Waals surface area (Å²) in [5.41, 5.74) is 0. The third-order valence-electron chi connectivity index (χ3n) is 1.63. The summed E-state index contributed by atoms with van der Waals surface area (Å²) in [7, 11) is 1.01. The molecule has 1 unspecified atom stereocenters. The van der Waals surface area contributed by atoms with Crippen LogP contribution in [0, 0.1) is 0 Å². The topological polar surface area (TPSA) is 0 Å². The standard InChI is InChI=1S/C10H15P.2ClH/c1-2-3-9-11-10-7-5-4-6-8-10;;/h4-8,11H,2-3,9H2,1H3;2*1H. The van der Waals surface area contributed by atoms with Crippen molar-refractivity contribution in [3.05, 3.63) is 30.3 Å². The molecule has 0 saturated carbocycles. The fourth-order valence-corrected chi connectivity index (χ4v) is 2.21. The van der Waals surface area contributed by atoms with E-state index in [-0.39, 0.29) is 24.8 Å². The van der Waals surface area contributed by atoms with Gasteiger partial charge in [-0.2, -0.15) is 0 Å². The molecule has 0 nitrogen and oxygen atoms in total. The number of hydrogen-bond donors (Lipinski definition) is 0. The highest BCUT2D eigenvalue weighted by atomic mass is 35.5. The van der Waals surface area contributed by atoms with Gasteiger partial charge in [-0.15, -0.1) is 24.8 Å². The number of halogens is 2. The molecule has 0 amide bonds. The zero-order valence-electron chi connectivity index (χ0n) is 7.82. The van der Waals surface area contributed by atoms with Crippen molar-refractivity contribution >= 4 is 38.7 Å². The van der Waals surface area contributed by atoms with Crippen LogP contribution in [0.25, 0.3) is 0 Å².